The summed E-state index contributed by atoms with van der Waals surface area (Å²) in [6.45, 7) is 1.87. The fraction of sp³-hybridized carbons (Fsp3) is 0.174. The molecule has 0 fully saturated rings. The highest BCUT2D eigenvalue weighted by Gasteiger charge is 2.18. The molecule has 172 valence electrons. The van der Waals surface area contributed by atoms with E-state index in [4.69, 9.17) is 0 Å². The van der Waals surface area contributed by atoms with Crippen molar-refractivity contribution in [1.29, 1.82) is 0 Å². The zero-order chi connectivity index (χ0) is 23.8. The number of fused-ring (bicyclic) bond motifs is 2. The number of hydrogen-bond acceptors (Lipinski definition) is 6. The van der Waals surface area contributed by atoms with Gasteiger partial charge in [0.05, 0.1) is 28.4 Å². The number of rotatable bonds is 6. The minimum Gasteiger partial charge on any atom is -0.346 e. The Morgan fingerprint density at radius 3 is 2.71 bits per heavy atom. The number of amides is 1. The fourth-order valence-corrected chi connectivity index (χ4v) is 4.54. The highest BCUT2D eigenvalue weighted by molar-refractivity contribution is 7.99. The maximum Gasteiger partial charge on any atom is 0.266 e. The second-order valence-corrected chi connectivity index (χ2v) is 8.66. The second kappa shape index (κ2) is 8.75. The van der Waals surface area contributed by atoms with Crippen molar-refractivity contribution >= 4 is 34.3 Å². The van der Waals surface area contributed by atoms with Gasteiger partial charge < -0.3 is 9.88 Å². The average Bonchev–Trinajstić information content (AvgIpc) is 3.37. The molecule has 34 heavy (non-hydrogen) atoms. The summed E-state index contributed by atoms with van der Waals surface area (Å²) >= 11 is 1.11. The number of imidazole rings is 1. The molecule has 3 aromatic heterocycles. The Hall–Kier alpha value is -3.99. The van der Waals surface area contributed by atoms with Gasteiger partial charge in [-0.15, -0.1) is 0 Å². The van der Waals surface area contributed by atoms with Crippen LogP contribution in [0, 0.1) is 5.82 Å². The summed E-state index contributed by atoms with van der Waals surface area (Å²) in [6.07, 6.45) is 0. The quantitative estimate of drug-likeness (QED) is 0.364. The van der Waals surface area contributed by atoms with Crippen LogP contribution in [-0.4, -0.2) is 40.8 Å². The maximum absolute atomic E-state index is 14.3. The van der Waals surface area contributed by atoms with Crippen molar-refractivity contribution in [3.63, 3.8) is 0 Å². The van der Waals surface area contributed by atoms with Crippen molar-refractivity contribution in [1.82, 2.24) is 34.4 Å². The van der Waals surface area contributed by atoms with Crippen molar-refractivity contribution in [2.75, 3.05) is 5.75 Å². The standard InChI is InChI=1S/C23H20FN7O2S/c1-13(22-26-16-9-5-6-10-17(16)30(22)2)25-20(33)12-34-23-28-21(14-7-3-4-8-15(14)24)27-18-11-19(32)29-31(18)23/h3-11,13H,12H2,1-2H3,(H,25,33)(H,29,32). The molecular formula is C23H20FN7O2S. The van der Waals surface area contributed by atoms with Crippen LogP contribution in [0.15, 0.2) is 64.5 Å². The molecule has 0 saturated carbocycles. The Labute approximate surface area is 197 Å². The largest absolute Gasteiger partial charge is 0.346 e. The van der Waals surface area contributed by atoms with Crippen molar-refractivity contribution in [2.24, 2.45) is 7.05 Å². The molecule has 0 radical (unpaired) electrons. The smallest absolute Gasteiger partial charge is 0.266 e. The number of halogens is 1. The molecule has 2 aromatic carbocycles. The molecular weight excluding hydrogens is 457 g/mol. The van der Waals surface area contributed by atoms with E-state index in [-0.39, 0.29) is 40.3 Å². The summed E-state index contributed by atoms with van der Waals surface area (Å²) in [6, 6.07) is 14.9. The Balaban J connectivity index is 1.37. The van der Waals surface area contributed by atoms with Crippen LogP contribution in [0.2, 0.25) is 0 Å². The van der Waals surface area contributed by atoms with Crippen LogP contribution in [-0.2, 0) is 11.8 Å². The second-order valence-electron chi connectivity index (χ2n) is 7.72. The van der Waals surface area contributed by atoms with Gasteiger partial charge in [-0.1, -0.05) is 36.0 Å². The van der Waals surface area contributed by atoms with E-state index < -0.39 is 5.82 Å². The van der Waals surface area contributed by atoms with E-state index in [1.54, 1.807) is 18.2 Å². The summed E-state index contributed by atoms with van der Waals surface area (Å²) < 4.78 is 17.6. The van der Waals surface area contributed by atoms with Crippen LogP contribution in [0.4, 0.5) is 4.39 Å². The van der Waals surface area contributed by atoms with Gasteiger partial charge in [0.1, 0.15) is 11.6 Å². The Morgan fingerprint density at radius 2 is 1.91 bits per heavy atom. The van der Waals surface area contributed by atoms with Crippen LogP contribution in [0.1, 0.15) is 18.8 Å². The normalized spacial score (nSPS) is 12.3. The molecule has 0 aliphatic carbocycles. The van der Waals surface area contributed by atoms with Crippen molar-refractivity contribution in [2.45, 2.75) is 18.1 Å². The van der Waals surface area contributed by atoms with Gasteiger partial charge in [-0.25, -0.2) is 23.9 Å². The number of aromatic nitrogens is 6. The number of carbonyl (C=O) groups excluding carboxylic acids is 1. The van der Waals surface area contributed by atoms with Gasteiger partial charge in [0.25, 0.3) is 5.56 Å². The van der Waals surface area contributed by atoms with Gasteiger partial charge >= 0.3 is 0 Å². The molecule has 1 unspecified atom stereocenters. The lowest BCUT2D eigenvalue weighted by Gasteiger charge is -2.14. The number of thioether (sulfide) groups is 1. The molecule has 11 heteroatoms. The molecule has 0 aliphatic heterocycles. The lowest BCUT2D eigenvalue weighted by Crippen LogP contribution is -2.30. The molecule has 3 heterocycles. The summed E-state index contributed by atoms with van der Waals surface area (Å²) in [7, 11) is 1.91. The lowest BCUT2D eigenvalue weighted by molar-refractivity contribution is -0.119. The van der Waals surface area contributed by atoms with E-state index in [1.807, 2.05) is 42.8 Å². The number of hydrogen-bond donors (Lipinski definition) is 2. The third-order valence-corrected chi connectivity index (χ3v) is 6.30. The number of benzene rings is 2. The van der Waals surface area contributed by atoms with E-state index in [9.17, 15) is 14.0 Å². The van der Waals surface area contributed by atoms with Crippen LogP contribution >= 0.6 is 11.8 Å². The minimum absolute atomic E-state index is 0.0251. The number of aryl methyl sites for hydroxylation is 1. The zero-order valence-corrected chi connectivity index (χ0v) is 19.1. The third kappa shape index (κ3) is 4.05. The van der Waals surface area contributed by atoms with Crippen molar-refractivity contribution < 1.29 is 9.18 Å². The molecule has 0 saturated heterocycles. The zero-order valence-electron chi connectivity index (χ0n) is 18.3. The first-order chi connectivity index (χ1) is 16.4. The third-order valence-electron chi connectivity index (χ3n) is 5.36. The Morgan fingerprint density at radius 1 is 1.15 bits per heavy atom. The average molecular weight is 478 g/mol. The van der Waals surface area contributed by atoms with E-state index in [0.717, 1.165) is 28.6 Å². The molecule has 0 spiro atoms. The molecule has 1 amide bonds. The number of H-pyrrole nitrogens is 1. The van der Waals surface area contributed by atoms with E-state index in [1.165, 1.54) is 16.6 Å². The molecule has 5 rings (SSSR count). The van der Waals surface area contributed by atoms with Crippen LogP contribution < -0.4 is 10.9 Å². The first-order valence-corrected chi connectivity index (χ1v) is 11.5. The minimum atomic E-state index is -0.477. The van der Waals surface area contributed by atoms with E-state index >= 15 is 0 Å². The van der Waals surface area contributed by atoms with Crippen LogP contribution in [0.5, 0.6) is 0 Å². The number of nitrogens with one attached hydrogen (secondary N) is 2. The number of para-hydroxylation sites is 2. The summed E-state index contributed by atoms with van der Waals surface area (Å²) in [4.78, 5) is 37.9. The number of aromatic amines is 1. The predicted molar refractivity (Wildman–Crippen MR) is 127 cm³/mol. The Bertz CT molecular complexity index is 1590. The Kier molecular flexibility index (Phi) is 5.62. The van der Waals surface area contributed by atoms with Gasteiger partial charge in [-0.2, -0.15) is 0 Å². The predicted octanol–water partition coefficient (Wildman–Crippen LogP) is 3.08. The first kappa shape index (κ1) is 21.8. The maximum atomic E-state index is 14.3. The summed E-state index contributed by atoms with van der Waals surface area (Å²) in [5.41, 5.74) is 1.96. The first-order valence-electron chi connectivity index (χ1n) is 10.5. The molecule has 0 bridgehead atoms. The SMILES string of the molecule is CC(NC(=O)CSc1nc(-c2ccccc2F)nc2cc(=O)[nH]n12)c1nc2ccccc2n1C. The number of carbonyl (C=O) groups is 1. The number of nitrogens with zero attached hydrogens (tertiary/aromatic N) is 5. The lowest BCUT2D eigenvalue weighted by atomic mass is 10.2. The molecule has 2 N–H and O–H groups in total. The monoisotopic (exact) mass is 477 g/mol. The highest BCUT2D eigenvalue weighted by atomic mass is 32.2. The van der Waals surface area contributed by atoms with Gasteiger partial charge in [0.2, 0.25) is 5.91 Å². The van der Waals surface area contributed by atoms with E-state index in [0.29, 0.717) is 5.16 Å². The van der Waals surface area contributed by atoms with Crippen molar-refractivity contribution in [3.05, 3.63) is 76.6 Å². The molecule has 9 nitrogen and oxygen atoms in total. The fourth-order valence-electron chi connectivity index (χ4n) is 3.77. The molecule has 5 aromatic rings. The van der Waals surface area contributed by atoms with Gasteiger partial charge in [-0.3, -0.25) is 14.7 Å². The van der Waals surface area contributed by atoms with Gasteiger partial charge in [0, 0.05) is 13.1 Å². The molecule has 1 atom stereocenters. The highest BCUT2D eigenvalue weighted by Crippen LogP contribution is 2.24. The summed E-state index contributed by atoms with van der Waals surface area (Å²) in [5, 5.41) is 5.87. The topological polar surface area (TPSA) is 110 Å². The van der Waals surface area contributed by atoms with Crippen molar-refractivity contribution in [3.8, 4) is 11.4 Å². The van der Waals surface area contributed by atoms with E-state index in [2.05, 4.69) is 25.4 Å². The summed E-state index contributed by atoms with van der Waals surface area (Å²) in [5.74, 6) is 0.179. The molecule has 0 aliphatic rings. The van der Waals surface area contributed by atoms with Crippen LogP contribution in [0.25, 0.3) is 28.1 Å². The van der Waals surface area contributed by atoms with Crippen LogP contribution in [0.3, 0.4) is 0 Å². The van der Waals surface area contributed by atoms with Gasteiger partial charge in [0.15, 0.2) is 16.6 Å². The van der Waals surface area contributed by atoms with Gasteiger partial charge in [-0.05, 0) is 31.2 Å².